The first-order valence-electron chi connectivity index (χ1n) is 8.98. The van der Waals surface area contributed by atoms with E-state index in [0.29, 0.717) is 5.92 Å². The Morgan fingerprint density at radius 2 is 2.04 bits per heavy atom. The quantitative estimate of drug-likeness (QED) is 0.788. The van der Waals surface area contributed by atoms with Crippen molar-refractivity contribution in [3.63, 3.8) is 0 Å². The first-order chi connectivity index (χ1) is 12.3. The SMILES string of the molecule is COc1ccc(CN2CCCC(c3nc4ncccc4[nH]3)CC2)cc1. The fraction of sp³-hybridized carbons (Fsp3) is 0.400. The van der Waals surface area contributed by atoms with E-state index in [9.17, 15) is 0 Å². The molecule has 0 radical (unpaired) electrons. The molecular formula is C20H24N4O. The molecule has 0 aliphatic carbocycles. The average Bonchev–Trinajstić information content (AvgIpc) is 2.95. The number of benzene rings is 1. The summed E-state index contributed by atoms with van der Waals surface area (Å²) in [5.74, 6) is 2.51. The fourth-order valence-corrected chi connectivity index (χ4v) is 3.63. The molecule has 0 spiro atoms. The number of fused-ring (bicyclic) bond motifs is 1. The van der Waals surface area contributed by atoms with Gasteiger partial charge >= 0.3 is 0 Å². The standard InChI is InChI=1S/C20H24N4O/c1-25-17-8-6-15(7-9-17)14-24-12-3-4-16(10-13-24)19-22-18-5-2-11-21-20(18)23-19/h2,5-9,11,16H,3-4,10,12-14H2,1H3,(H,21,22,23). The third-order valence-corrected chi connectivity index (χ3v) is 5.05. The van der Waals surface area contributed by atoms with E-state index >= 15 is 0 Å². The molecule has 5 nitrogen and oxygen atoms in total. The Balaban J connectivity index is 1.40. The minimum atomic E-state index is 0.495. The van der Waals surface area contributed by atoms with Crippen molar-refractivity contribution in [2.45, 2.75) is 31.7 Å². The van der Waals surface area contributed by atoms with Gasteiger partial charge in [-0.1, -0.05) is 12.1 Å². The van der Waals surface area contributed by atoms with Gasteiger partial charge in [0.05, 0.1) is 12.6 Å². The molecule has 2 aromatic heterocycles. The number of nitrogens with zero attached hydrogens (tertiary/aromatic N) is 3. The van der Waals surface area contributed by atoms with E-state index in [1.54, 1.807) is 13.3 Å². The van der Waals surface area contributed by atoms with E-state index in [1.165, 1.54) is 18.4 Å². The number of aromatic amines is 1. The number of hydrogen-bond donors (Lipinski definition) is 1. The number of rotatable bonds is 4. The van der Waals surface area contributed by atoms with Crippen molar-refractivity contribution in [3.05, 3.63) is 54.0 Å². The maximum absolute atomic E-state index is 5.24. The van der Waals surface area contributed by atoms with Crippen LogP contribution in [0.4, 0.5) is 0 Å². The molecule has 1 saturated heterocycles. The van der Waals surface area contributed by atoms with Crippen molar-refractivity contribution in [2.75, 3.05) is 20.2 Å². The number of methoxy groups -OCH3 is 1. The highest BCUT2D eigenvalue weighted by Crippen LogP contribution is 2.28. The van der Waals surface area contributed by atoms with E-state index in [4.69, 9.17) is 9.72 Å². The number of imidazole rings is 1. The Morgan fingerprint density at radius 1 is 1.16 bits per heavy atom. The molecule has 3 heterocycles. The minimum absolute atomic E-state index is 0.495. The van der Waals surface area contributed by atoms with Gasteiger partial charge in [0.2, 0.25) is 0 Å². The van der Waals surface area contributed by atoms with Gasteiger partial charge in [0, 0.05) is 18.7 Å². The summed E-state index contributed by atoms with van der Waals surface area (Å²) in [6.07, 6.45) is 5.32. The zero-order valence-electron chi connectivity index (χ0n) is 14.6. The van der Waals surface area contributed by atoms with Gasteiger partial charge in [-0.3, -0.25) is 4.90 Å². The Hall–Kier alpha value is -2.40. The van der Waals surface area contributed by atoms with E-state index in [2.05, 4.69) is 27.0 Å². The number of pyridine rings is 1. The molecule has 1 unspecified atom stereocenters. The molecule has 0 saturated carbocycles. The van der Waals surface area contributed by atoms with Crippen LogP contribution in [-0.4, -0.2) is 40.1 Å². The molecule has 1 N–H and O–H groups in total. The number of nitrogens with one attached hydrogen (secondary N) is 1. The number of hydrogen-bond acceptors (Lipinski definition) is 4. The highest BCUT2D eigenvalue weighted by molar-refractivity contribution is 5.70. The van der Waals surface area contributed by atoms with E-state index in [-0.39, 0.29) is 0 Å². The van der Waals surface area contributed by atoms with Gasteiger partial charge in [0.1, 0.15) is 11.6 Å². The summed E-state index contributed by atoms with van der Waals surface area (Å²) in [5, 5.41) is 0. The van der Waals surface area contributed by atoms with Gasteiger partial charge in [0.25, 0.3) is 0 Å². The van der Waals surface area contributed by atoms with Crippen LogP contribution in [0.2, 0.25) is 0 Å². The molecular weight excluding hydrogens is 312 g/mol. The van der Waals surface area contributed by atoms with Crippen LogP contribution in [0.3, 0.4) is 0 Å². The molecule has 3 aromatic rings. The lowest BCUT2D eigenvalue weighted by molar-refractivity contribution is 0.275. The van der Waals surface area contributed by atoms with Crippen molar-refractivity contribution in [3.8, 4) is 5.75 Å². The lowest BCUT2D eigenvalue weighted by atomic mass is 10.0. The fourth-order valence-electron chi connectivity index (χ4n) is 3.63. The molecule has 1 aliphatic heterocycles. The van der Waals surface area contributed by atoms with E-state index < -0.39 is 0 Å². The molecule has 1 fully saturated rings. The lowest BCUT2D eigenvalue weighted by Crippen LogP contribution is -2.24. The van der Waals surface area contributed by atoms with E-state index in [0.717, 1.165) is 48.8 Å². The van der Waals surface area contributed by atoms with Crippen molar-refractivity contribution in [2.24, 2.45) is 0 Å². The zero-order chi connectivity index (χ0) is 17.1. The van der Waals surface area contributed by atoms with Gasteiger partial charge < -0.3 is 9.72 Å². The van der Waals surface area contributed by atoms with Gasteiger partial charge in [-0.15, -0.1) is 0 Å². The van der Waals surface area contributed by atoms with Crippen molar-refractivity contribution in [1.82, 2.24) is 19.9 Å². The minimum Gasteiger partial charge on any atom is -0.497 e. The number of likely N-dealkylation sites (tertiary alicyclic amines) is 1. The average molecular weight is 336 g/mol. The molecule has 0 bridgehead atoms. The van der Waals surface area contributed by atoms with Crippen molar-refractivity contribution < 1.29 is 4.74 Å². The van der Waals surface area contributed by atoms with Crippen LogP contribution in [0, 0.1) is 0 Å². The molecule has 0 amide bonds. The van der Waals surface area contributed by atoms with Crippen LogP contribution in [0.5, 0.6) is 5.75 Å². The lowest BCUT2D eigenvalue weighted by Gasteiger charge is -2.20. The largest absolute Gasteiger partial charge is 0.497 e. The topological polar surface area (TPSA) is 54.0 Å². The summed E-state index contributed by atoms with van der Waals surface area (Å²) < 4.78 is 5.24. The predicted molar refractivity (Wildman–Crippen MR) is 98.8 cm³/mol. The molecule has 1 aliphatic rings. The third-order valence-electron chi connectivity index (χ3n) is 5.05. The number of ether oxygens (including phenoxy) is 1. The summed E-state index contributed by atoms with van der Waals surface area (Å²) in [7, 11) is 1.71. The first kappa shape index (κ1) is 16.1. The highest BCUT2D eigenvalue weighted by atomic mass is 16.5. The second kappa shape index (κ2) is 7.23. The maximum Gasteiger partial charge on any atom is 0.177 e. The molecule has 1 aromatic carbocycles. The Bertz CT molecular complexity index is 794. The predicted octanol–water partition coefficient (Wildman–Crippen LogP) is 3.74. The van der Waals surface area contributed by atoms with Gasteiger partial charge in [0.15, 0.2) is 5.65 Å². The monoisotopic (exact) mass is 336 g/mol. The summed E-state index contributed by atoms with van der Waals surface area (Å²) >= 11 is 0. The van der Waals surface area contributed by atoms with Crippen LogP contribution in [0.1, 0.15) is 36.6 Å². The van der Waals surface area contributed by atoms with Gasteiger partial charge in [-0.05, 0) is 62.2 Å². The second-order valence-corrected chi connectivity index (χ2v) is 6.75. The maximum atomic E-state index is 5.24. The van der Waals surface area contributed by atoms with Crippen LogP contribution in [0.25, 0.3) is 11.2 Å². The smallest absolute Gasteiger partial charge is 0.177 e. The highest BCUT2D eigenvalue weighted by Gasteiger charge is 2.21. The molecule has 5 heteroatoms. The van der Waals surface area contributed by atoms with Gasteiger partial charge in [-0.2, -0.15) is 0 Å². The van der Waals surface area contributed by atoms with Crippen LogP contribution < -0.4 is 4.74 Å². The van der Waals surface area contributed by atoms with Gasteiger partial charge in [-0.25, -0.2) is 9.97 Å². The summed E-state index contributed by atoms with van der Waals surface area (Å²) in [6.45, 7) is 3.24. The molecule has 4 rings (SSSR count). The molecule has 25 heavy (non-hydrogen) atoms. The van der Waals surface area contributed by atoms with Crippen LogP contribution in [0.15, 0.2) is 42.6 Å². The first-order valence-corrected chi connectivity index (χ1v) is 8.98. The number of aromatic nitrogens is 3. The summed E-state index contributed by atoms with van der Waals surface area (Å²) in [4.78, 5) is 15.1. The van der Waals surface area contributed by atoms with Crippen molar-refractivity contribution in [1.29, 1.82) is 0 Å². The van der Waals surface area contributed by atoms with E-state index in [1.807, 2.05) is 24.3 Å². The van der Waals surface area contributed by atoms with Crippen LogP contribution in [-0.2, 0) is 6.54 Å². The Morgan fingerprint density at radius 3 is 2.84 bits per heavy atom. The van der Waals surface area contributed by atoms with Crippen molar-refractivity contribution >= 4 is 11.2 Å². The molecule has 130 valence electrons. The molecule has 1 atom stereocenters. The second-order valence-electron chi connectivity index (χ2n) is 6.75. The Kier molecular flexibility index (Phi) is 4.65. The van der Waals surface area contributed by atoms with Crippen LogP contribution >= 0.6 is 0 Å². The number of H-pyrrole nitrogens is 1. The third kappa shape index (κ3) is 3.66. The summed E-state index contributed by atoms with van der Waals surface area (Å²) in [5.41, 5.74) is 3.21. The Labute approximate surface area is 148 Å². The summed E-state index contributed by atoms with van der Waals surface area (Å²) in [6, 6.07) is 12.4. The zero-order valence-corrected chi connectivity index (χ0v) is 14.6. The normalized spacial score (nSPS) is 19.0.